The summed E-state index contributed by atoms with van der Waals surface area (Å²) in [6, 6.07) is 15.1. The minimum Gasteiger partial charge on any atom is -0.459 e. The van der Waals surface area contributed by atoms with Gasteiger partial charge >= 0.3 is 5.97 Å². The Labute approximate surface area is 196 Å². The maximum absolute atomic E-state index is 12.7. The number of ether oxygens (including phenoxy) is 1. The van der Waals surface area contributed by atoms with Crippen LogP contribution in [0.5, 0.6) is 0 Å². The molecule has 4 N–H and O–H groups in total. The Kier molecular flexibility index (Phi) is 7.82. The van der Waals surface area contributed by atoms with Crippen LogP contribution in [-0.4, -0.2) is 38.9 Å². The number of aryl methyl sites for hydroxylation is 1. The molecular formula is C23H23N3O7S. The van der Waals surface area contributed by atoms with Gasteiger partial charge in [-0.2, -0.15) is 0 Å². The number of sulfonamides is 1. The van der Waals surface area contributed by atoms with Crippen LogP contribution >= 0.6 is 0 Å². The van der Waals surface area contributed by atoms with E-state index in [1.165, 1.54) is 36.6 Å². The molecule has 3 aromatic rings. The number of primary sulfonamides is 1. The largest absolute Gasteiger partial charge is 0.459 e. The van der Waals surface area contributed by atoms with E-state index in [4.69, 9.17) is 14.3 Å². The molecule has 2 amide bonds. The van der Waals surface area contributed by atoms with Crippen LogP contribution in [0.1, 0.15) is 21.7 Å². The van der Waals surface area contributed by atoms with Gasteiger partial charge < -0.3 is 19.8 Å². The van der Waals surface area contributed by atoms with Crippen molar-refractivity contribution in [2.75, 3.05) is 11.9 Å². The van der Waals surface area contributed by atoms with Crippen LogP contribution in [0.15, 0.2) is 76.2 Å². The monoisotopic (exact) mass is 485 g/mol. The Morgan fingerprint density at radius 3 is 2.44 bits per heavy atom. The summed E-state index contributed by atoms with van der Waals surface area (Å²) in [5, 5.41) is 10.2. The molecule has 1 atom stereocenters. The van der Waals surface area contributed by atoms with Gasteiger partial charge in [-0.15, -0.1) is 0 Å². The van der Waals surface area contributed by atoms with Crippen LogP contribution in [-0.2, 0) is 30.8 Å². The fourth-order valence-corrected chi connectivity index (χ4v) is 3.91. The van der Waals surface area contributed by atoms with Crippen LogP contribution in [0.25, 0.3) is 0 Å². The van der Waals surface area contributed by atoms with Crippen molar-refractivity contribution >= 4 is 33.5 Å². The van der Waals surface area contributed by atoms with E-state index in [0.717, 1.165) is 5.56 Å². The summed E-state index contributed by atoms with van der Waals surface area (Å²) in [6.45, 7) is 0.913. The van der Waals surface area contributed by atoms with Crippen molar-refractivity contribution < 1.29 is 32.0 Å². The highest BCUT2D eigenvalue weighted by molar-refractivity contribution is 7.89. The number of hydrogen-bond acceptors (Lipinski definition) is 7. The summed E-state index contributed by atoms with van der Waals surface area (Å²) >= 11 is 0. The van der Waals surface area contributed by atoms with Crippen LogP contribution in [0.4, 0.5) is 5.69 Å². The van der Waals surface area contributed by atoms with Gasteiger partial charge in [0.05, 0.1) is 11.2 Å². The van der Waals surface area contributed by atoms with E-state index in [-0.39, 0.29) is 22.8 Å². The van der Waals surface area contributed by atoms with Gasteiger partial charge in [-0.1, -0.05) is 36.4 Å². The molecule has 0 bridgehead atoms. The van der Waals surface area contributed by atoms with E-state index < -0.39 is 40.5 Å². The second-order valence-electron chi connectivity index (χ2n) is 7.37. The van der Waals surface area contributed by atoms with Gasteiger partial charge in [-0.25, -0.2) is 18.4 Å². The fraction of sp³-hybridized carbons (Fsp3) is 0.174. The minimum atomic E-state index is -3.97. The highest BCUT2D eigenvalue weighted by Gasteiger charge is 2.25. The molecule has 10 nitrogen and oxygen atoms in total. The number of amides is 2. The Balaban J connectivity index is 1.65. The van der Waals surface area contributed by atoms with E-state index in [0.29, 0.717) is 5.56 Å². The summed E-state index contributed by atoms with van der Waals surface area (Å²) in [7, 11) is -3.97. The molecule has 11 heteroatoms. The number of esters is 1. The number of rotatable bonds is 9. The lowest BCUT2D eigenvalue weighted by Gasteiger charge is -2.17. The first-order chi connectivity index (χ1) is 16.1. The van der Waals surface area contributed by atoms with Crippen molar-refractivity contribution in [2.24, 2.45) is 5.14 Å². The minimum absolute atomic E-state index is 0.0219. The van der Waals surface area contributed by atoms with Crippen LogP contribution in [0, 0.1) is 6.92 Å². The molecule has 0 aliphatic carbocycles. The molecule has 0 aliphatic rings. The topological polar surface area (TPSA) is 158 Å². The maximum atomic E-state index is 12.7. The van der Waals surface area contributed by atoms with E-state index >= 15 is 0 Å². The zero-order valence-electron chi connectivity index (χ0n) is 18.2. The lowest BCUT2D eigenvalue weighted by molar-refractivity contribution is -0.149. The van der Waals surface area contributed by atoms with Crippen molar-refractivity contribution in [3.8, 4) is 0 Å². The first kappa shape index (κ1) is 24.7. The summed E-state index contributed by atoms with van der Waals surface area (Å²) < 4.78 is 33.5. The van der Waals surface area contributed by atoms with E-state index in [1.54, 1.807) is 31.2 Å². The van der Waals surface area contributed by atoms with Gasteiger partial charge in [-0.3, -0.25) is 9.59 Å². The van der Waals surface area contributed by atoms with E-state index in [9.17, 15) is 22.8 Å². The summed E-state index contributed by atoms with van der Waals surface area (Å²) in [5.74, 6) is -2.11. The number of benzene rings is 2. The first-order valence-electron chi connectivity index (χ1n) is 10.1. The average molecular weight is 486 g/mol. The van der Waals surface area contributed by atoms with E-state index in [1.807, 2.05) is 6.07 Å². The number of carbonyl (C=O) groups excluding carboxylic acids is 3. The second-order valence-corrected chi connectivity index (χ2v) is 8.90. The lowest BCUT2D eigenvalue weighted by atomic mass is 10.1. The highest BCUT2D eigenvalue weighted by atomic mass is 32.2. The third kappa shape index (κ3) is 6.77. The highest BCUT2D eigenvalue weighted by Crippen LogP contribution is 2.19. The Hall–Kier alpha value is -3.96. The van der Waals surface area contributed by atoms with Crippen molar-refractivity contribution in [3.05, 3.63) is 83.8 Å². The molecule has 0 unspecified atom stereocenters. The summed E-state index contributed by atoms with van der Waals surface area (Å²) in [4.78, 5) is 37.2. The van der Waals surface area contributed by atoms with Crippen molar-refractivity contribution in [1.82, 2.24) is 5.32 Å². The molecule has 2 aromatic carbocycles. The van der Waals surface area contributed by atoms with Gasteiger partial charge in [0.1, 0.15) is 6.04 Å². The molecule has 1 aromatic heterocycles. The normalized spacial score (nSPS) is 11.9. The van der Waals surface area contributed by atoms with Crippen molar-refractivity contribution in [1.29, 1.82) is 0 Å². The smallest absolute Gasteiger partial charge is 0.329 e. The number of furan rings is 1. The first-order valence-corrected chi connectivity index (χ1v) is 11.7. The molecule has 0 fully saturated rings. The Bertz CT molecular complexity index is 1270. The molecule has 0 saturated carbocycles. The van der Waals surface area contributed by atoms with Crippen LogP contribution < -0.4 is 15.8 Å². The number of anilines is 1. The third-order valence-corrected chi connectivity index (χ3v) is 5.79. The molecule has 178 valence electrons. The molecule has 3 rings (SSSR count). The predicted octanol–water partition coefficient (Wildman–Crippen LogP) is 1.76. The number of hydrogen-bond donors (Lipinski definition) is 3. The maximum Gasteiger partial charge on any atom is 0.329 e. The van der Waals surface area contributed by atoms with Crippen LogP contribution in [0.3, 0.4) is 0 Å². The lowest BCUT2D eigenvalue weighted by Crippen LogP contribution is -2.44. The zero-order chi connectivity index (χ0) is 24.7. The van der Waals surface area contributed by atoms with Gasteiger partial charge in [0, 0.05) is 12.1 Å². The van der Waals surface area contributed by atoms with Crippen molar-refractivity contribution in [2.45, 2.75) is 24.3 Å². The average Bonchev–Trinajstić information content (AvgIpc) is 3.33. The Morgan fingerprint density at radius 1 is 1.06 bits per heavy atom. The molecule has 1 heterocycles. The quantitative estimate of drug-likeness (QED) is 0.390. The van der Waals surface area contributed by atoms with E-state index in [2.05, 4.69) is 10.6 Å². The van der Waals surface area contributed by atoms with Gasteiger partial charge in [-0.05, 0) is 42.3 Å². The van der Waals surface area contributed by atoms with Gasteiger partial charge in [0.2, 0.25) is 10.0 Å². The summed E-state index contributed by atoms with van der Waals surface area (Å²) in [5.41, 5.74) is 1.36. The predicted molar refractivity (Wildman–Crippen MR) is 122 cm³/mol. The zero-order valence-corrected chi connectivity index (χ0v) is 19.0. The molecule has 0 spiro atoms. The van der Waals surface area contributed by atoms with Crippen LogP contribution in [0.2, 0.25) is 0 Å². The number of nitrogens with two attached hydrogens (primary N) is 1. The standard InChI is InChI=1S/C23H23N3O7S/c1-15-9-10-17(13-20(15)34(24,30)31)25-21(27)14-33-23(29)18(12-16-6-3-2-4-7-16)26-22(28)19-8-5-11-32-19/h2-11,13,18H,12,14H2,1H3,(H,25,27)(H,26,28)(H2,24,30,31)/t18-/m0/s1. The summed E-state index contributed by atoms with van der Waals surface area (Å²) in [6.07, 6.45) is 1.46. The fourth-order valence-electron chi connectivity index (χ4n) is 3.10. The van der Waals surface area contributed by atoms with Gasteiger partial charge in [0.25, 0.3) is 11.8 Å². The van der Waals surface area contributed by atoms with Crippen molar-refractivity contribution in [3.63, 3.8) is 0 Å². The number of carbonyl (C=O) groups is 3. The molecule has 34 heavy (non-hydrogen) atoms. The Morgan fingerprint density at radius 2 is 1.79 bits per heavy atom. The third-order valence-electron chi connectivity index (χ3n) is 4.74. The molecular weight excluding hydrogens is 462 g/mol. The SMILES string of the molecule is Cc1ccc(NC(=O)COC(=O)[C@H](Cc2ccccc2)NC(=O)c2ccco2)cc1S(N)(=O)=O. The molecule has 0 aliphatic heterocycles. The molecule has 0 saturated heterocycles. The second kappa shape index (κ2) is 10.8. The molecule has 0 radical (unpaired) electrons. The van der Waals surface area contributed by atoms with Gasteiger partial charge in [0.15, 0.2) is 12.4 Å². The number of nitrogens with one attached hydrogen (secondary N) is 2.